The monoisotopic (exact) mass is 360 g/mol. The van der Waals surface area contributed by atoms with Crippen molar-refractivity contribution in [2.75, 3.05) is 0 Å². The third-order valence-corrected chi connectivity index (χ3v) is 5.44. The number of hydrogen-bond donors (Lipinski definition) is 2. The highest BCUT2D eigenvalue weighted by molar-refractivity contribution is 5.76. The van der Waals surface area contributed by atoms with Crippen LogP contribution in [0.4, 0.5) is 0 Å². The van der Waals surface area contributed by atoms with E-state index in [1.54, 1.807) is 0 Å². The van der Waals surface area contributed by atoms with Gasteiger partial charge in [-0.1, -0.05) is 0 Å². The molecule has 8 heteroatoms. The van der Waals surface area contributed by atoms with Gasteiger partial charge in [-0.15, -0.1) is 10.2 Å². The Kier molecular flexibility index (Phi) is 5.41. The fraction of sp³-hybridized carbons (Fsp3) is 0.667. The third kappa shape index (κ3) is 3.51. The van der Waals surface area contributed by atoms with Gasteiger partial charge in [0.2, 0.25) is 5.91 Å². The van der Waals surface area contributed by atoms with Gasteiger partial charge in [-0.05, 0) is 45.6 Å². The van der Waals surface area contributed by atoms with Gasteiger partial charge in [0, 0.05) is 37.7 Å². The zero-order valence-corrected chi connectivity index (χ0v) is 16.0. The summed E-state index contributed by atoms with van der Waals surface area (Å²) in [6.07, 6.45) is 2.95. The molecule has 2 aromatic rings. The lowest BCUT2D eigenvalue weighted by Crippen LogP contribution is -2.44. The minimum Gasteiger partial charge on any atom is -0.388 e. The summed E-state index contributed by atoms with van der Waals surface area (Å²) in [5, 5.41) is 25.1. The van der Waals surface area contributed by atoms with Crippen LogP contribution in [-0.2, 0) is 31.4 Å². The van der Waals surface area contributed by atoms with Crippen molar-refractivity contribution in [2.45, 2.75) is 71.6 Å². The number of amides is 1. The lowest BCUT2D eigenvalue weighted by molar-refractivity contribution is -0.122. The van der Waals surface area contributed by atoms with Crippen LogP contribution in [0.1, 0.15) is 60.7 Å². The molecule has 0 unspecified atom stereocenters. The maximum Gasteiger partial charge on any atom is 0.220 e. The van der Waals surface area contributed by atoms with Crippen molar-refractivity contribution in [3.8, 4) is 0 Å². The van der Waals surface area contributed by atoms with E-state index in [4.69, 9.17) is 0 Å². The maximum absolute atomic E-state index is 12.3. The minimum absolute atomic E-state index is 0.0871. The van der Waals surface area contributed by atoms with E-state index < -0.39 is 0 Å². The van der Waals surface area contributed by atoms with Gasteiger partial charge < -0.3 is 15.0 Å². The molecule has 0 atom stereocenters. The predicted octanol–water partition coefficient (Wildman–Crippen LogP) is 1.14. The lowest BCUT2D eigenvalue weighted by Gasteiger charge is -2.35. The highest BCUT2D eigenvalue weighted by Crippen LogP contribution is 2.36. The molecule has 1 aliphatic rings. The molecule has 26 heavy (non-hydrogen) atoms. The Labute approximate surface area is 153 Å². The Morgan fingerprint density at radius 1 is 1.31 bits per heavy atom. The first kappa shape index (κ1) is 18.6. The molecule has 3 rings (SSSR count). The minimum atomic E-state index is -0.0963. The zero-order valence-electron chi connectivity index (χ0n) is 16.0. The first-order valence-corrected chi connectivity index (χ1v) is 9.25. The average Bonchev–Trinajstić information content (AvgIpc) is 3.09. The molecule has 0 radical (unpaired) electrons. The SMILES string of the molecule is CCn1c(CO)nnc1C1CC(NC(=O)CCc2c(C)nn(C)c2C)C1. The second kappa shape index (κ2) is 7.57. The molecule has 8 nitrogen and oxygen atoms in total. The fourth-order valence-corrected chi connectivity index (χ4v) is 3.78. The Morgan fingerprint density at radius 3 is 2.62 bits per heavy atom. The molecule has 0 bridgehead atoms. The van der Waals surface area contributed by atoms with Crippen LogP contribution in [0.5, 0.6) is 0 Å². The average molecular weight is 360 g/mol. The first-order chi connectivity index (χ1) is 12.4. The summed E-state index contributed by atoms with van der Waals surface area (Å²) in [7, 11) is 1.93. The number of rotatable bonds is 7. The third-order valence-electron chi connectivity index (χ3n) is 5.44. The van der Waals surface area contributed by atoms with Crippen LogP contribution in [-0.4, -0.2) is 41.6 Å². The summed E-state index contributed by atoms with van der Waals surface area (Å²) in [6, 6.07) is 0.197. The topological polar surface area (TPSA) is 97.9 Å². The van der Waals surface area contributed by atoms with E-state index >= 15 is 0 Å². The van der Waals surface area contributed by atoms with Gasteiger partial charge in [0.25, 0.3) is 0 Å². The standard InChI is InChI=1S/C18H28N6O2/c1-5-24-16(10-25)20-21-18(24)13-8-14(9-13)19-17(26)7-6-15-11(2)22-23(4)12(15)3/h13-14,25H,5-10H2,1-4H3,(H,19,26). The van der Waals surface area contributed by atoms with Gasteiger partial charge in [-0.2, -0.15) is 5.10 Å². The second-order valence-electron chi connectivity index (χ2n) is 7.08. The van der Waals surface area contributed by atoms with Crippen molar-refractivity contribution in [1.29, 1.82) is 0 Å². The van der Waals surface area contributed by atoms with Gasteiger partial charge >= 0.3 is 0 Å². The van der Waals surface area contributed by atoms with Crippen LogP contribution in [0.2, 0.25) is 0 Å². The molecule has 0 spiro atoms. The Balaban J connectivity index is 1.48. The van der Waals surface area contributed by atoms with E-state index in [-0.39, 0.29) is 18.6 Å². The molecule has 1 amide bonds. The van der Waals surface area contributed by atoms with Crippen LogP contribution in [0, 0.1) is 13.8 Å². The highest BCUT2D eigenvalue weighted by atomic mass is 16.3. The Hall–Kier alpha value is -2.22. The number of aliphatic hydroxyl groups is 1. The van der Waals surface area contributed by atoms with Crippen molar-refractivity contribution < 1.29 is 9.90 Å². The molecule has 0 aliphatic heterocycles. The number of aliphatic hydroxyl groups excluding tert-OH is 1. The number of aromatic nitrogens is 5. The number of carbonyl (C=O) groups excluding carboxylic acids is 1. The van der Waals surface area contributed by atoms with E-state index in [2.05, 4.69) is 20.6 Å². The fourth-order valence-electron chi connectivity index (χ4n) is 3.78. The largest absolute Gasteiger partial charge is 0.388 e. The van der Waals surface area contributed by atoms with Crippen molar-refractivity contribution >= 4 is 5.91 Å². The van der Waals surface area contributed by atoms with Gasteiger partial charge in [0.05, 0.1) is 5.69 Å². The molecule has 142 valence electrons. The van der Waals surface area contributed by atoms with Gasteiger partial charge in [0.1, 0.15) is 12.4 Å². The Morgan fingerprint density at radius 2 is 2.04 bits per heavy atom. The summed E-state index contributed by atoms with van der Waals surface area (Å²) in [4.78, 5) is 12.3. The molecular weight excluding hydrogens is 332 g/mol. The first-order valence-electron chi connectivity index (χ1n) is 9.25. The highest BCUT2D eigenvalue weighted by Gasteiger charge is 2.35. The van der Waals surface area contributed by atoms with Crippen molar-refractivity contribution in [3.05, 3.63) is 28.6 Å². The lowest BCUT2D eigenvalue weighted by atomic mass is 9.79. The van der Waals surface area contributed by atoms with Crippen LogP contribution >= 0.6 is 0 Å². The van der Waals surface area contributed by atoms with Crippen LogP contribution in [0.25, 0.3) is 0 Å². The zero-order chi connectivity index (χ0) is 18.8. The molecule has 2 N–H and O–H groups in total. The molecule has 2 heterocycles. The molecule has 1 aliphatic carbocycles. The van der Waals surface area contributed by atoms with Crippen molar-refractivity contribution in [3.63, 3.8) is 0 Å². The van der Waals surface area contributed by atoms with E-state index in [0.717, 1.165) is 43.0 Å². The molecule has 1 saturated carbocycles. The molecule has 0 saturated heterocycles. The summed E-state index contributed by atoms with van der Waals surface area (Å²) in [6.45, 7) is 6.69. The van der Waals surface area contributed by atoms with E-state index in [9.17, 15) is 9.90 Å². The molecular formula is C18H28N6O2. The van der Waals surface area contributed by atoms with Crippen LogP contribution in [0.3, 0.4) is 0 Å². The van der Waals surface area contributed by atoms with Crippen LogP contribution in [0.15, 0.2) is 0 Å². The summed E-state index contributed by atoms with van der Waals surface area (Å²) in [5.74, 6) is 1.92. The van der Waals surface area contributed by atoms with Crippen molar-refractivity contribution in [2.24, 2.45) is 7.05 Å². The van der Waals surface area contributed by atoms with Gasteiger partial charge in [-0.3, -0.25) is 9.48 Å². The van der Waals surface area contributed by atoms with Crippen molar-refractivity contribution in [1.82, 2.24) is 29.9 Å². The number of nitrogens with zero attached hydrogens (tertiary/aromatic N) is 5. The maximum atomic E-state index is 12.3. The summed E-state index contributed by atoms with van der Waals surface area (Å²) in [5.41, 5.74) is 3.29. The van der Waals surface area contributed by atoms with Crippen LogP contribution < -0.4 is 5.32 Å². The smallest absolute Gasteiger partial charge is 0.220 e. The summed E-state index contributed by atoms with van der Waals surface area (Å²) >= 11 is 0. The predicted molar refractivity (Wildman–Crippen MR) is 96.5 cm³/mol. The molecule has 1 fully saturated rings. The van der Waals surface area contributed by atoms with E-state index in [0.29, 0.717) is 18.2 Å². The normalized spacial score (nSPS) is 19.4. The van der Waals surface area contributed by atoms with E-state index in [1.165, 1.54) is 5.56 Å². The Bertz CT molecular complexity index is 788. The number of carbonyl (C=O) groups is 1. The van der Waals surface area contributed by atoms with Gasteiger partial charge in [0.15, 0.2) is 5.82 Å². The summed E-state index contributed by atoms with van der Waals surface area (Å²) < 4.78 is 3.83. The molecule has 0 aromatic carbocycles. The molecule has 2 aromatic heterocycles. The quantitative estimate of drug-likeness (QED) is 0.771. The second-order valence-corrected chi connectivity index (χ2v) is 7.08. The number of aryl methyl sites for hydroxylation is 2. The van der Waals surface area contributed by atoms with E-state index in [1.807, 2.05) is 37.1 Å². The van der Waals surface area contributed by atoms with Gasteiger partial charge in [-0.25, -0.2) is 0 Å². The number of hydrogen-bond acceptors (Lipinski definition) is 5. The number of nitrogens with one attached hydrogen (secondary N) is 1.